The van der Waals surface area contributed by atoms with Gasteiger partial charge in [0.05, 0.1) is 7.11 Å². The standard InChI is InChI=1S/C26H35N3O2/c1-31-25-6-4-5-23(17-25)20-29-15-11-24(12-16-29)26(30)27-18-21-7-9-22(10-8-21)19-28-13-2-3-14-28/h4-10,17,24H,2-3,11-16,18-20H2,1H3,(H,27,30). The summed E-state index contributed by atoms with van der Waals surface area (Å²) < 4.78 is 5.32. The van der Waals surface area contributed by atoms with Gasteiger partial charge < -0.3 is 10.1 Å². The lowest BCUT2D eigenvalue weighted by molar-refractivity contribution is -0.126. The van der Waals surface area contributed by atoms with E-state index < -0.39 is 0 Å². The molecule has 31 heavy (non-hydrogen) atoms. The Labute approximate surface area is 186 Å². The summed E-state index contributed by atoms with van der Waals surface area (Å²) in [7, 11) is 1.70. The maximum atomic E-state index is 12.7. The van der Waals surface area contributed by atoms with Gasteiger partial charge in [0.1, 0.15) is 5.75 Å². The molecule has 2 aromatic carbocycles. The van der Waals surface area contributed by atoms with Gasteiger partial charge in [0, 0.05) is 25.6 Å². The first-order valence-electron chi connectivity index (χ1n) is 11.6. The number of piperidine rings is 1. The monoisotopic (exact) mass is 421 g/mol. The van der Waals surface area contributed by atoms with Crippen molar-refractivity contribution in [2.24, 2.45) is 5.92 Å². The van der Waals surface area contributed by atoms with Gasteiger partial charge in [-0.3, -0.25) is 14.6 Å². The minimum absolute atomic E-state index is 0.121. The molecule has 2 aliphatic rings. The SMILES string of the molecule is COc1cccc(CN2CCC(C(=O)NCc3ccc(CN4CCCC4)cc3)CC2)c1. The number of likely N-dealkylation sites (tertiary alicyclic amines) is 2. The molecule has 0 atom stereocenters. The molecule has 0 aliphatic carbocycles. The van der Waals surface area contributed by atoms with E-state index >= 15 is 0 Å². The van der Waals surface area contributed by atoms with Crippen molar-refractivity contribution in [2.45, 2.75) is 45.3 Å². The van der Waals surface area contributed by atoms with Gasteiger partial charge in [-0.2, -0.15) is 0 Å². The molecule has 4 rings (SSSR count). The van der Waals surface area contributed by atoms with Gasteiger partial charge in [-0.1, -0.05) is 36.4 Å². The highest BCUT2D eigenvalue weighted by Gasteiger charge is 2.24. The number of benzene rings is 2. The van der Waals surface area contributed by atoms with Gasteiger partial charge in [0.15, 0.2) is 0 Å². The van der Waals surface area contributed by atoms with Gasteiger partial charge in [-0.15, -0.1) is 0 Å². The molecule has 0 radical (unpaired) electrons. The largest absolute Gasteiger partial charge is 0.497 e. The molecular weight excluding hydrogens is 386 g/mol. The summed E-state index contributed by atoms with van der Waals surface area (Å²) in [4.78, 5) is 17.6. The highest BCUT2D eigenvalue weighted by molar-refractivity contribution is 5.78. The Bertz CT molecular complexity index is 838. The lowest BCUT2D eigenvalue weighted by Crippen LogP contribution is -2.40. The number of carbonyl (C=O) groups is 1. The van der Waals surface area contributed by atoms with E-state index in [1.807, 2.05) is 12.1 Å². The Morgan fingerprint density at radius 2 is 1.55 bits per heavy atom. The highest BCUT2D eigenvalue weighted by atomic mass is 16.5. The molecule has 166 valence electrons. The molecule has 2 saturated heterocycles. The van der Waals surface area contributed by atoms with Crippen molar-refractivity contribution in [3.63, 3.8) is 0 Å². The number of carbonyl (C=O) groups excluding carboxylic acids is 1. The molecule has 2 fully saturated rings. The maximum Gasteiger partial charge on any atom is 0.223 e. The molecule has 0 unspecified atom stereocenters. The van der Waals surface area contributed by atoms with Gasteiger partial charge in [0.25, 0.3) is 0 Å². The second kappa shape index (κ2) is 10.8. The zero-order valence-electron chi connectivity index (χ0n) is 18.7. The van der Waals surface area contributed by atoms with Crippen LogP contribution in [0, 0.1) is 5.92 Å². The zero-order valence-corrected chi connectivity index (χ0v) is 18.7. The summed E-state index contributed by atoms with van der Waals surface area (Å²) in [6.07, 6.45) is 4.49. The lowest BCUT2D eigenvalue weighted by Gasteiger charge is -2.31. The van der Waals surface area contributed by atoms with Crippen LogP contribution in [-0.4, -0.2) is 49.0 Å². The summed E-state index contributed by atoms with van der Waals surface area (Å²) >= 11 is 0. The second-order valence-electron chi connectivity index (χ2n) is 8.92. The molecular formula is C26H35N3O2. The molecule has 0 saturated carbocycles. The van der Waals surface area contributed by atoms with Crippen LogP contribution >= 0.6 is 0 Å². The summed E-state index contributed by atoms with van der Waals surface area (Å²) in [6, 6.07) is 17.0. The Balaban J connectivity index is 1.18. The van der Waals surface area contributed by atoms with E-state index in [4.69, 9.17) is 4.74 Å². The third-order valence-corrected chi connectivity index (χ3v) is 6.59. The predicted octanol–water partition coefficient (Wildman–Crippen LogP) is 3.82. The summed E-state index contributed by atoms with van der Waals surface area (Å²) in [5.74, 6) is 1.22. The van der Waals surface area contributed by atoms with Crippen LogP contribution in [0.1, 0.15) is 42.4 Å². The van der Waals surface area contributed by atoms with E-state index in [9.17, 15) is 4.79 Å². The average molecular weight is 422 g/mol. The minimum atomic E-state index is 0.121. The number of ether oxygens (including phenoxy) is 1. The second-order valence-corrected chi connectivity index (χ2v) is 8.92. The number of hydrogen-bond acceptors (Lipinski definition) is 4. The van der Waals surface area contributed by atoms with E-state index in [0.29, 0.717) is 6.54 Å². The van der Waals surface area contributed by atoms with Crippen molar-refractivity contribution in [3.8, 4) is 5.75 Å². The third-order valence-electron chi connectivity index (χ3n) is 6.59. The smallest absolute Gasteiger partial charge is 0.223 e. The minimum Gasteiger partial charge on any atom is -0.497 e. The number of nitrogens with one attached hydrogen (secondary N) is 1. The molecule has 2 aliphatic heterocycles. The van der Waals surface area contributed by atoms with Gasteiger partial charge >= 0.3 is 0 Å². The normalized spacial score (nSPS) is 18.2. The predicted molar refractivity (Wildman–Crippen MR) is 124 cm³/mol. The van der Waals surface area contributed by atoms with E-state index in [1.54, 1.807) is 7.11 Å². The topological polar surface area (TPSA) is 44.8 Å². The summed E-state index contributed by atoms with van der Waals surface area (Å²) in [5.41, 5.74) is 3.80. The Hall–Kier alpha value is -2.37. The van der Waals surface area contributed by atoms with E-state index in [-0.39, 0.29) is 11.8 Å². The molecule has 1 amide bonds. The summed E-state index contributed by atoms with van der Waals surface area (Å²) in [6.45, 7) is 6.93. The van der Waals surface area contributed by atoms with Crippen LogP contribution < -0.4 is 10.1 Å². The lowest BCUT2D eigenvalue weighted by atomic mass is 9.95. The quantitative estimate of drug-likeness (QED) is 0.704. The Morgan fingerprint density at radius 1 is 0.903 bits per heavy atom. The van der Waals surface area contributed by atoms with Crippen molar-refractivity contribution < 1.29 is 9.53 Å². The fraction of sp³-hybridized carbons (Fsp3) is 0.500. The Morgan fingerprint density at radius 3 is 2.26 bits per heavy atom. The van der Waals surface area contributed by atoms with Crippen LogP contribution in [0.2, 0.25) is 0 Å². The maximum absolute atomic E-state index is 12.7. The zero-order chi connectivity index (χ0) is 21.5. The van der Waals surface area contributed by atoms with Crippen molar-refractivity contribution >= 4 is 5.91 Å². The van der Waals surface area contributed by atoms with Crippen molar-refractivity contribution in [1.82, 2.24) is 15.1 Å². The van der Waals surface area contributed by atoms with Gasteiger partial charge in [-0.05, 0) is 80.7 Å². The molecule has 2 aromatic rings. The number of hydrogen-bond donors (Lipinski definition) is 1. The third kappa shape index (κ3) is 6.31. The number of nitrogens with zero attached hydrogens (tertiary/aromatic N) is 2. The van der Waals surface area contributed by atoms with Crippen LogP contribution in [0.3, 0.4) is 0 Å². The molecule has 5 nitrogen and oxygen atoms in total. The van der Waals surface area contributed by atoms with Gasteiger partial charge in [-0.25, -0.2) is 0 Å². The van der Waals surface area contributed by atoms with Crippen molar-refractivity contribution in [2.75, 3.05) is 33.3 Å². The van der Waals surface area contributed by atoms with E-state index in [2.05, 4.69) is 51.5 Å². The number of rotatable bonds is 8. The van der Waals surface area contributed by atoms with E-state index in [0.717, 1.165) is 44.8 Å². The summed E-state index contributed by atoms with van der Waals surface area (Å²) in [5, 5.41) is 3.16. The van der Waals surface area contributed by atoms with Crippen LogP contribution in [0.5, 0.6) is 5.75 Å². The molecule has 0 bridgehead atoms. The van der Waals surface area contributed by atoms with Crippen LogP contribution in [0.4, 0.5) is 0 Å². The van der Waals surface area contributed by atoms with Crippen LogP contribution in [0.25, 0.3) is 0 Å². The van der Waals surface area contributed by atoms with Crippen LogP contribution in [-0.2, 0) is 24.4 Å². The van der Waals surface area contributed by atoms with Crippen molar-refractivity contribution in [1.29, 1.82) is 0 Å². The molecule has 0 aromatic heterocycles. The molecule has 0 spiro atoms. The van der Waals surface area contributed by atoms with Gasteiger partial charge in [0.2, 0.25) is 5.91 Å². The fourth-order valence-corrected chi connectivity index (χ4v) is 4.68. The highest BCUT2D eigenvalue weighted by Crippen LogP contribution is 2.21. The molecule has 5 heteroatoms. The number of amides is 1. The first kappa shape index (κ1) is 21.8. The molecule has 2 heterocycles. The first-order chi connectivity index (χ1) is 15.2. The average Bonchev–Trinajstić information content (AvgIpc) is 3.32. The van der Waals surface area contributed by atoms with Crippen LogP contribution in [0.15, 0.2) is 48.5 Å². The van der Waals surface area contributed by atoms with E-state index in [1.165, 1.54) is 42.6 Å². The first-order valence-corrected chi connectivity index (χ1v) is 11.6. The molecule has 1 N–H and O–H groups in total. The number of methoxy groups -OCH3 is 1. The Kier molecular flexibility index (Phi) is 7.60. The van der Waals surface area contributed by atoms with Crippen molar-refractivity contribution in [3.05, 3.63) is 65.2 Å². The fourth-order valence-electron chi connectivity index (χ4n) is 4.68.